The van der Waals surface area contributed by atoms with Crippen LogP contribution in [0.15, 0.2) is 41.4 Å². The van der Waals surface area contributed by atoms with Crippen LogP contribution in [-0.2, 0) is 19.6 Å². The maximum absolute atomic E-state index is 13.2. The summed E-state index contributed by atoms with van der Waals surface area (Å²) in [4.78, 5) is 26.6. The van der Waals surface area contributed by atoms with E-state index in [1.54, 1.807) is 58.3 Å². The molecule has 2 aromatic carbocycles. The fourth-order valence-electron chi connectivity index (χ4n) is 3.81. The molecule has 0 unspecified atom stereocenters. The van der Waals surface area contributed by atoms with Crippen molar-refractivity contribution >= 4 is 44.1 Å². The molecule has 1 aromatic heterocycles. The Balaban J connectivity index is 1.52. The van der Waals surface area contributed by atoms with E-state index in [4.69, 9.17) is 4.74 Å². The van der Waals surface area contributed by atoms with E-state index in [1.807, 2.05) is 6.07 Å². The molecule has 0 bridgehead atoms. The fourth-order valence-corrected chi connectivity index (χ4v) is 5.19. The molecule has 11 heteroatoms. The summed E-state index contributed by atoms with van der Waals surface area (Å²) in [6.45, 7) is 4.74. The largest absolute Gasteiger partial charge is 0.476 e. The first-order chi connectivity index (χ1) is 15.4. The van der Waals surface area contributed by atoms with Gasteiger partial charge in [-0.15, -0.1) is 0 Å². The van der Waals surface area contributed by atoms with Crippen molar-refractivity contribution in [2.75, 3.05) is 30.9 Å². The van der Waals surface area contributed by atoms with E-state index in [-0.39, 0.29) is 10.8 Å². The quantitative estimate of drug-likeness (QED) is 0.588. The van der Waals surface area contributed by atoms with Gasteiger partial charge < -0.3 is 15.0 Å². The predicted molar refractivity (Wildman–Crippen MR) is 124 cm³/mol. The first-order valence-electron chi connectivity index (χ1n) is 10.2. The number of amides is 2. The number of anilines is 2. The van der Waals surface area contributed by atoms with Gasteiger partial charge in [0, 0.05) is 31.2 Å². The van der Waals surface area contributed by atoms with Gasteiger partial charge in [-0.2, -0.15) is 9.40 Å². The van der Waals surface area contributed by atoms with Crippen molar-refractivity contribution in [1.29, 1.82) is 0 Å². The number of ether oxygens (including phenoxy) is 1. The number of aromatic amines is 1. The zero-order valence-corrected chi connectivity index (χ0v) is 19.8. The molecule has 1 aliphatic heterocycles. The zero-order valence-electron chi connectivity index (χ0n) is 19.0. The van der Waals surface area contributed by atoms with Crippen molar-refractivity contribution in [3.05, 3.63) is 42.1 Å². The van der Waals surface area contributed by atoms with E-state index in [0.717, 1.165) is 9.87 Å². The second-order valence-corrected chi connectivity index (χ2v) is 10.6. The summed E-state index contributed by atoms with van der Waals surface area (Å²) >= 11 is 0. The third kappa shape index (κ3) is 4.05. The molecule has 2 amide bonds. The van der Waals surface area contributed by atoms with Crippen molar-refractivity contribution in [3.8, 4) is 5.75 Å². The van der Waals surface area contributed by atoms with Crippen molar-refractivity contribution in [1.82, 2.24) is 14.5 Å². The molecular weight excluding hydrogens is 446 g/mol. The maximum Gasteiger partial charge on any atom is 0.270 e. The van der Waals surface area contributed by atoms with Crippen LogP contribution in [0.25, 0.3) is 10.9 Å². The van der Waals surface area contributed by atoms with Crippen molar-refractivity contribution < 1.29 is 22.7 Å². The normalized spacial score (nSPS) is 15.5. The van der Waals surface area contributed by atoms with Crippen molar-refractivity contribution in [3.63, 3.8) is 0 Å². The molecule has 174 valence electrons. The van der Waals surface area contributed by atoms with Crippen molar-refractivity contribution in [2.24, 2.45) is 0 Å². The van der Waals surface area contributed by atoms with E-state index in [9.17, 15) is 18.0 Å². The Labute approximate surface area is 191 Å². The van der Waals surface area contributed by atoms with Gasteiger partial charge in [0.25, 0.3) is 5.91 Å². The standard InChI is InChI=1S/C22H25N5O5S/c1-13-8-14-11-23-25-20(14)18(9-13)33(30,31)26(4)12-19(28)24-15-6-7-16-17(10-15)32-22(2,3)21(29)27(16)5/h6-11H,12H2,1-5H3,(H,23,25)(H,24,28). The monoisotopic (exact) mass is 471 g/mol. The average Bonchev–Trinajstić information content (AvgIpc) is 3.19. The molecule has 0 aliphatic carbocycles. The molecule has 0 radical (unpaired) electrons. The molecule has 4 rings (SSSR count). The molecule has 10 nitrogen and oxygen atoms in total. The highest BCUT2D eigenvalue weighted by molar-refractivity contribution is 7.89. The number of nitrogens with zero attached hydrogens (tertiary/aromatic N) is 3. The van der Waals surface area contributed by atoms with Crippen LogP contribution in [0.1, 0.15) is 19.4 Å². The Morgan fingerprint density at radius 2 is 2.00 bits per heavy atom. The first-order valence-corrected chi connectivity index (χ1v) is 11.7. The molecule has 2 N–H and O–H groups in total. The van der Waals surface area contributed by atoms with Crippen LogP contribution in [0, 0.1) is 6.92 Å². The summed E-state index contributed by atoms with van der Waals surface area (Å²) in [7, 11) is -0.952. The molecule has 0 spiro atoms. The SMILES string of the molecule is Cc1cc(S(=O)(=O)N(C)CC(=O)Nc2ccc3c(c2)OC(C)(C)C(=O)N3C)c2[nH]ncc2c1. The molecular formula is C22H25N5O5S. The van der Waals surface area contributed by atoms with E-state index in [1.165, 1.54) is 11.9 Å². The molecule has 1 aliphatic rings. The smallest absolute Gasteiger partial charge is 0.270 e. The summed E-state index contributed by atoms with van der Waals surface area (Å²) in [6, 6.07) is 8.28. The topological polar surface area (TPSA) is 125 Å². The molecule has 3 aromatic rings. The van der Waals surface area contributed by atoms with Crippen LogP contribution < -0.4 is 15.0 Å². The Hall–Kier alpha value is -3.44. The summed E-state index contributed by atoms with van der Waals surface area (Å²) in [5, 5.41) is 10.0. The summed E-state index contributed by atoms with van der Waals surface area (Å²) < 4.78 is 33.1. The van der Waals surface area contributed by atoms with Gasteiger partial charge in [0.1, 0.15) is 10.6 Å². The number of aryl methyl sites for hydroxylation is 1. The van der Waals surface area contributed by atoms with E-state index in [2.05, 4.69) is 15.5 Å². The summed E-state index contributed by atoms with van der Waals surface area (Å²) in [5.41, 5.74) is 1.13. The lowest BCUT2D eigenvalue weighted by atomic mass is 10.0. The number of benzene rings is 2. The Bertz CT molecular complexity index is 1380. The average molecular weight is 472 g/mol. The second kappa shape index (κ2) is 7.85. The third-order valence-electron chi connectivity index (χ3n) is 5.50. The molecule has 2 heterocycles. The highest BCUT2D eigenvalue weighted by Gasteiger charge is 2.39. The molecule has 0 fully saturated rings. The molecule has 0 saturated carbocycles. The van der Waals surface area contributed by atoms with Gasteiger partial charge in [-0.3, -0.25) is 14.7 Å². The molecule has 33 heavy (non-hydrogen) atoms. The van der Waals surface area contributed by atoms with Gasteiger partial charge in [-0.1, -0.05) is 0 Å². The Kier molecular flexibility index (Phi) is 5.41. The van der Waals surface area contributed by atoms with Crippen LogP contribution in [0.2, 0.25) is 0 Å². The van der Waals surface area contributed by atoms with E-state index >= 15 is 0 Å². The van der Waals surface area contributed by atoms with Crippen LogP contribution in [0.4, 0.5) is 11.4 Å². The number of hydrogen-bond acceptors (Lipinski definition) is 6. The third-order valence-corrected chi connectivity index (χ3v) is 7.33. The van der Waals surface area contributed by atoms with Gasteiger partial charge in [0.2, 0.25) is 15.9 Å². The van der Waals surface area contributed by atoms with E-state index in [0.29, 0.717) is 28.0 Å². The van der Waals surface area contributed by atoms with Crippen LogP contribution >= 0.6 is 0 Å². The number of carbonyl (C=O) groups is 2. The summed E-state index contributed by atoms with van der Waals surface area (Å²) in [5.74, 6) is -0.252. The number of fused-ring (bicyclic) bond motifs is 2. The van der Waals surface area contributed by atoms with Gasteiger partial charge in [-0.25, -0.2) is 8.42 Å². The lowest BCUT2D eigenvalue weighted by Gasteiger charge is -2.37. The molecule has 0 atom stereocenters. The minimum atomic E-state index is -3.96. The van der Waals surface area contributed by atoms with Gasteiger partial charge in [-0.05, 0) is 50.6 Å². The fraction of sp³-hybridized carbons (Fsp3) is 0.318. The van der Waals surface area contributed by atoms with Crippen LogP contribution in [0.5, 0.6) is 5.75 Å². The number of nitrogens with one attached hydrogen (secondary N) is 2. The number of hydrogen-bond donors (Lipinski definition) is 2. The van der Waals surface area contributed by atoms with Gasteiger partial charge >= 0.3 is 0 Å². The van der Waals surface area contributed by atoms with Crippen molar-refractivity contribution in [2.45, 2.75) is 31.3 Å². The van der Waals surface area contributed by atoms with E-state index < -0.39 is 28.1 Å². The number of aromatic nitrogens is 2. The Morgan fingerprint density at radius 3 is 2.73 bits per heavy atom. The zero-order chi connectivity index (χ0) is 24.1. The first kappa shape index (κ1) is 22.7. The maximum atomic E-state index is 13.2. The lowest BCUT2D eigenvalue weighted by molar-refractivity contribution is -0.132. The lowest BCUT2D eigenvalue weighted by Crippen LogP contribution is -2.50. The minimum Gasteiger partial charge on any atom is -0.476 e. The van der Waals surface area contributed by atoms with Crippen LogP contribution in [-0.4, -0.2) is 61.0 Å². The second-order valence-electron chi connectivity index (χ2n) is 8.57. The molecule has 0 saturated heterocycles. The number of H-pyrrole nitrogens is 1. The summed E-state index contributed by atoms with van der Waals surface area (Å²) in [6.07, 6.45) is 1.55. The van der Waals surface area contributed by atoms with Crippen LogP contribution in [0.3, 0.4) is 0 Å². The number of likely N-dealkylation sites (N-methyl/N-ethyl adjacent to an activating group) is 2. The number of sulfonamides is 1. The number of carbonyl (C=O) groups excluding carboxylic acids is 2. The minimum absolute atomic E-state index is 0.0578. The highest BCUT2D eigenvalue weighted by atomic mass is 32.2. The van der Waals surface area contributed by atoms with Gasteiger partial charge in [0.05, 0.1) is 23.9 Å². The predicted octanol–water partition coefficient (Wildman–Crippen LogP) is 2.26. The van der Waals surface area contributed by atoms with Gasteiger partial charge in [0.15, 0.2) is 5.60 Å². The highest BCUT2D eigenvalue weighted by Crippen LogP contribution is 2.38. The Morgan fingerprint density at radius 1 is 1.27 bits per heavy atom. The number of rotatable bonds is 5.